The summed E-state index contributed by atoms with van der Waals surface area (Å²) >= 11 is 6.30. The quantitative estimate of drug-likeness (QED) is 0.212. The van der Waals surface area contributed by atoms with Crippen molar-refractivity contribution < 1.29 is 54.6 Å². The zero-order chi connectivity index (χ0) is 34.0. The van der Waals surface area contributed by atoms with Crippen LogP contribution in [0.25, 0.3) is 16.9 Å². The SMILES string of the molecule is Cn1nc(C(F)(F)C(F)(F)F)c(C(F)(F)F)c1-n1cc(-c2ccc(Cl)c(C(=O)N(COCC3CC3C(=O)O)C3(C#N)CC3)c2)cn1. The van der Waals surface area contributed by atoms with Crippen LogP contribution in [0.5, 0.6) is 0 Å². The smallest absolute Gasteiger partial charge is 0.459 e. The fourth-order valence-corrected chi connectivity index (χ4v) is 5.16. The number of ether oxygens (including phenoxy) is 1. The molecule has 2 aliphatic rings. The van der Waals surface area contributed by atoms with Crippen LogP contribution >= 0.6 is 11.6 Å². The first-order chi connectivity index (χ1) is 21.3. The third kappa shape index (κ3) is 5.88. The van der Waals surface area contributed by atoms with Gasteiger partial charge in [0.05, 0.1) is 35.4 Å². The maximum absolute atomic E-state index is 14.1. The van der Waals surface area contributed by atoms with Gasteiger partial charge in [0.1, 0.15) is 17.8 Å². The third-order valence-corrected chi connectivity index (χ3v) is 8.10. The van der Waals surface area contributed by atoms with Gasteiger partial charge in [-0.15, -0.1) is 0 Å². The molecule has 19 heteroatoms. The van der Waals surface area contributed by atoms with E-state index >= 15 is 0 Å². The highest BCUT2D eigenvalue weighted by Crippen LogP contribution is 2.49. The number of carboxylic acids is 1. The lowest BCUT2D eigenvalue weighted by Crippen LogP contribution is -2.43. The van der Waals surface area contributed by atoms with E-state index in [-0.39, 0.29) is 45.7 Å². The van der Waals surface area contributed by atoms with Gasteiger partial charge in [0, 0.05) is 18.8 Å². The van der Waals surface area contributed by atoms with Gasteiger partial charge in [0.15, 0.2) is 11.5 Å². The second-order valence-electron chi connectivity index (χ2n) is 10.9. The lowest BCUT2D eigenvalue weighted by Gasteiger charge is -2.27. The summed E-state index contributed by atoms with van der Waals surface area (Å²) in [7, 11) is 0.742. The maximum atomic E-state index is 14.1. The number of hydrogen-bond donors (Lipinski definition) is 1. The van der Waals surface area contributed by atoms with Crippen molar-refractivity contribution in [2.24, 2.45) is 18.9 Å². The summed E-state index contributed by atoms with van der Waals surface area (Å²) in [5.74, 6) is -9.69. The Morgan fingerprint density at radius 1 is 1.17 bits per heavy atom. The van der Waals surface area contributed by atoms with E-state index in [1.807, 2.05) is 0 Å². The van der Waals surface area contributed by atoms with Crippen LogP contribution in [0, 0.1) is 23.2 Å². The van der Waals surface area contributed by atoms with E-state index in [0.717, 1.165) is 24.3 Å². The molecule has 1 N–H and O–H groups in total. The first-order valence-electron chi connectivity index (χ1n) is 13.3. The number of aryl methyl sites for hydroxylation is 1. The molecule has 2 aliphatic carbocycles. The van der Waals surface area contributed by atoms with Crippen molar-refractivity contribution in [1.82, 2.24) is 24.5 Å². The molecule has 2 fully saturated rings. The van der Waals surface area contributed by atoms with Gasteiger partial charge in [-0.1, -0.05) is 17.7 Å². The van der Waals surface area contributed by atoms with Gasteiger partial charge >= 0.3 is 24.2 Å². The van der Waals surface area contributed by atoms with Crippen LogP contribution in [0.15, 0.2) is 30.6 Å². The third-order valence-electron chi connectivity index (χ3n) is 7.77. The normalized spacial score (nSPS) is 19.1. The minimum absolute atomic E-state index is 0.0156. The summed E-state index contributed by atoms with van der Waals surface area (Å²) in [6.45, 7) is -0.334. The fourth-order valence-electron chi connectivity index (χ4n) is 4.96. The zero-order valence-corrected chi connectivity index (χ0v) is 24.1. The van der Waals surface area contributed by atoms with Crippen molar-refractivity contribution in [2.75, 3.05) is 13.3 Å². The Morgan fingerprint density at radius 3 is 2.39 bits per heavy atom. The maximum Gasteiger partial charge on any atom is 0.459 e. The molecule has 5 rings (SSSR count). The molecule has 46 heavy (non-hydrogen) atoms. The number of nitriles is 1. The van der Waals surface area contributed by atoms with Crippen molar-refractivity contribution in [3.05, 3.63) is 52.4 Å². The summed E-state index contributed by atoms with van der Waals surface area (Å²) in [6, 6.07) is 5.94. The van der Waals surface area contributed by atoms with E-state index < -0.39 is 58.7 Å². The highest BCUT2D eigenvalue weighted by molar-refractivity contribution is 6.34. The number of alkyl halides is 8. The van der Waals surface area contributed by atoms with Gasteiger partial charge in [-0.25, -0.2) is 9.36 Å². The predicted molar refractivity (Wildman–Crippen MR) is 140 cm³/mol. The molecule has 10 nitrogen and oxygen atoms in total. The van der Waals surface area contributed by atoms with Crippen LogP contribution in [0.2, 0.25) is 5.02 Å². The topological polar surface area (TPSA) is 126 Å². The highest BCUT2D eigenvalue weighted by Gasteiger charge is 2.64. The Labute approximate surface area is 258 Å². The van der Waals surface area contributed by atoms with Gasteiger partial charge in [-0.05, 0) is 42.9 Å². The Balaban J connectivity index is 1.46. The van der Waals surface area contributed by atoms with E-state index in [9.17, 15) is 50.0 Å². The van der Waals surface area contributed by atoms with Crippen LogP contribution < -0.4 is 0 Å². The van der Waals surface area contributed by atoms with E-state index in [1.165, 1.54) is 18.2 Å². The van der Waals surface area contributed by atoms with Crippen molar-refractivity contribution in [3.8, 4) is 23.0 Å². The molecule has 1 amide bonds. The van der Waals surface area contributed by atoms with Crippen molar-refractivity contribution >= 4 is 23.5 Å². The number of carboxylic acid groups (broad SMARTS) is 1. The number of hydrogen-bond acceptors (Lipinski definition) is 6. The van der Waals surface area contributed by atoms with E-state index in [2.05, 4.69) is 16.3 Å². The molecule has 0 spiro atoms. The second-order valence-corrected chi connectivity index (χ2v) is 11.3. The zero-order valence-electron chi connectivity index (χ0n) is 23.3. The Hall–Kier alpha value is -4.24. The van der Waals surface area contributed by atoms with Crippen LogP contribution in [-0.4, -0.2) is 66.5 Å². The molecule has 2 heterocycles. The molecule has 0 saturated heterocycles. The molecule has 1 aromatic carbocycles. The van der Waals surface area contributed by atoms with Crippen LogP contribution in [0.4, 0.5) is 35.1 Å². The van der Waals surface area contributed by atoms with Crippen LogP contribution in [-0.2, 0) is 28.7 Å². The number of aromatic nitrogens is 4. The first kappa shape index (κ1) is 33.1. The number of rotatable bonds is 10. The molecule has 246 valence electrons. The van der Waals surface area contributed by atoms with Crippen molar-refractivity contribution in [2.45, 2.75) is 43.1 Å². The Kier molecular flexibility index (Phi) is 8.09. The van der Waals surface area contributed by atoms with E-state index in [1.54, 1.807) is 0 Å². The fraction of sp³-hybridized carbons (Fsp3) is 0.444. The van der Waals surface area contributed by atoms with Gasteiger partial charge in [-0.2, -0.15) is 50.6 Å². The summed E-state index contributed by atoms with van der Waals surface area (Å²) in [5, 5.41) is 25.3. The lowest BCUT2D eigenvalue weighted by atomic mass is 10.0. The van der Waals surface area contributed by atoms with Gasteiger partial charge in [0.2, 0.25) is 0 Å². The Bertz CT molecular complexity index is 1740. The first-order valence-corrected chi connectivity index (χ1v) is 13.7. The van der Waals surface area contributed by atoms with E-state index in [4.69, 9.17) is 21.4 Å². The number of nitrogens with zero attached hydrogens (tertiary/aromatic N) is 6. The van der Waals surface area contributed by atoms with Crippen LogP contribution in [0.1, 0.15) is 40.9 Å². The number of amides is 1. The predicted octanol–water partition coefficient (Wildman–Crippen LogP) is 5.79. The molecular formula is C27H21ClF8N6O4. The summed E-state index contributed by atoms with van der Waals surface area (Å²) in [4.78, 5) is 25.9. The minimum Gasteiger partial charge on any atom is -0.481 e. The van der Waals surface area contributed by atoms with Gasteiger partial charge < -0.3 is 9.84 Å². The molecule has 2 aromatic heterocycles. The summed E-state index contributed by atoms with van der Waals surface area (Å²) in [5.41, 5.74) is -6.09. The minimum atomic E-state index is -6.37. The molecule has 2 unspecified atom stereocenters. The van der Waals surface area contributed by atoms with E-state index in [0.29, 0.717) is 23.9 Å². The number of carbonyl (C=O) groups is 2. The summed E-state index contributed by atoms with van der Waals surface area (Å²) < 4.78 is 115. The van der Waals surface area contributed by atoms with Crippen molar-refractivity contribution in [3.63, 3.8) is 0 Å². The number of benzene rings is 1. The lowest BCUT2D eigenvalue weighted by molar-refractivity contribution is -0.292. The number of aliphatic carboxylic acids is 1. The molecule has 0 aliphatic heterocycles. The second kappa shape index (κ2) is 11.2. The molecule has 3 aromatic rings. The molecule has 2 saturated carbocycles. The Morgan fingerprint density at radius 2 is 1.85 bits per heavy atom. The summed E-state index contributed by atoms with van der Waals surface area (Å²) in [6.07, 6.45) is -9.12. The molecular weight excluding hydrogens is 660 g/mol. The number of carbonyl (C=O) groups excluding carboxylic acids is 1. The van der Waals surface area contributed by atoms with Gasteiger partial charge in [-0.3, -0.25) is 14.5 Å². The van der Waals surface area contributed by atoms with Crippen molar-refractivity contribution in [1.29, 1.82) is 5.26 Å². The standard InChI is InChI=1S/C27H21ClF8N6O4/c1-40-21(19(26(31,32)33)20(39-40)25(29,30)27(34,35)36)42-9-15(8-38-42)13-2-3-18(28)17(6-13)22(43)41(24(11-37)4-5-24)12-46-10-14-7-16(14)23(44)45/h2-3,6,8-9,14,16H,4-5,7,10,12H2,1H3,(H,44,45). The molecule has 0 bridgehead atoms. The highest BCUT2D eigenvalue weighted by atomic mass is 35.5. The monoisotopic (exact) mass is 680 g/mol. The van der Waals surface area contributed by atoms with Gasteiger partial charge in [0.25, 0.3) is 5.91 Å². The van der Waals surface area contributed by atoms with Crippen LogP contribution in [0.3, 0.4) is 0 Å². The number of halogens is 9. The largest absolute Gasteiger partial charge is 0.481 e. The molecule has 2 atom stereocenters. The average Bonchev–Trinajstić information content (AvgIpc) is 3.84. The average molecular weight is 681 g/mol. The molecule has 0 radical (unpaired) electrons.